The van der Waals surface area contributed by atoms with Gasteiger partial charge >= 0.3 is 0 Å². The van der Waals surface area contributed by atoms with Crippen LogP contribution in [0.25, 0.3) is 0 Å². The molecule has 2 fully saturated rings. The highest BCUT2D eigenvalue weighted by Crippen LogP contribution is 2.24. The van der Waals surface area contributed by atoms with E-state index >= 15 is 0 Å². The number of piperidine rings is 1. The first kappa shape index (κ1) is 21.7. The van der Waals surface area contributed by atoms with Crippen molar-refractivity contribution in [2.75, 3.05) is 52.7 Å². The molecule has 0 amide bonds. The Balaban J connectivity index is 1.63. The molecular weight excluding hydrogens is 378 g/mol. The summed E-state index contributed by atoms with van der Waals surface area (Å²) in [5.74, 6) is 0. The quantitative estimate of drug-likeness (QED) is 0.627. The summed E-state index contributed by atoms with van der Waals surface area (Å²) in [4.78, 5) is 4.89. The molecule has 0 aromatic carbocycles. The number of ether oxygens (including phenoxy) is 1. The zero-order valence-electron chi connectivity index (χ0n) is 17.5. The lowest BCUT2D eigenvalue weighted by Crippen LogP contribution is -2.55. The number of hydrogen-bond donors (Lipinski definition) is 0. The number of likely N-dealkylation sites (N-methyl/N-ethyl adjacent to an activating group) is 1. The minimum atomic E-state index is -3.13. The molecule has 2 aliphatic rings. The second-order valence-corrected chi connectivity index (χ2v) is 10.2. The Labute approximate surface area is 169 Å². The third-order valence-corrected chi connectivity index (χ3v) is 7.18. The average molecular weight is 414 g/mol. The molecule has 1 unspecified atom stereocenters. The Kier molecular flexibility index (Phi) is 7.49. The second kappa shape index (κ2) is 9.67. The van der Waals surface area contributed by atoms with Crippen LogP contribution in [0.5, 0.6) is 0 Å². The number of sulfonamides is 1. The van der Waals surface area contributed by atoms with E-state index < -0.39 is 10.0 Å². The van der Waals surface area contributed by atoms with Crippen molar-refractivity contribution < 1.29 is 13.2 Å². The van der Waals surface area contributed by atoms with Crippen LogP contribution in [0, 0.1) is 0 Å². The van der Waals surface area contributed by atoms with E-state index in [2.05, 4.69) is 28.1 Å². The first-order valence-corrected chi connectivity index (χ1v) is 12.1. The largest absolute Gasteiger partial charge is 0.381 e. The van der Waals surface area contributed by atoms with Crippen LogP contribution in [0.2, 0.25) is 0 Å². The van der Waals surface area contributed by atoms with Crippen LogP contribution >= 0.6 is 0 Å². The van der Waals surface area contributed by atoms with Crippen molar-refractivity contribution in [1.29, 1.82) is 0 Å². The molecule has 0 N–H and O–H groups in total. The molecule has 8 nitrogen and oxygen atoms in total. The van der Waals surface area contributed by atoms with Gasteiger partial charge in [0.2, 0.25) is 10.0 Å². The Morgan fingerprint density at radius 2 is 1.96 bits per heavy atom. The monoisotopic (exact) mass is 413 g/mol. The lowest BCUT2D eigenvalue weighted by molar-refractivity contribution is 0.00275. The fourth-order valence-corrected chi connectivity index (χ4v) is 5.31. The lowest BCUT2D eigenvalue weighted by atomic mass is 9.99. The lowest BCUT2D eigenvalue weighted by Gasteiger charge is -2.44. The topological polar surface area (TPSA) is 70.9 Å². The van der Waals surface area contributed by atoms with Crippen molar-refractivity contribution in [2.24, 2.45) is 7.05 Å². The van der Waals surface area contributed by atoms with Crippen LogP contribution < -0.4 is 0 Å². The molecule has 2 saturated heterocycles. The van der Waals surface area contributed by atoms with Crippen LogP contribution in [0.4, 0.5) is 0 Å². The van der Waals surface area contributed by atoms with Crippen LogP contribution in [-0.4, -0.2) is 97.1 Å². The summed E-state index contributed by atoms with van der Waals surface area (Å²) in [5.41, 5.74) is 1.21. The van der Waals surface area contributed by atoms with E-state index in [1.807, 2.05) is 17.9 Å². The minimum Gasteiger partial charge on any atom is -0.381 e. The fraction of sp³-hybridized carbons (Fsp3) is 0.842. The zero-order chi connectivity index (χ0) is 20.1. The Hall–Kier alpha value is -1.00. The molecule has 1 atom stereocenters. The summed E-state index contributed by atoms with van der Waals surface area (Å²) in [6.07, 6.45) is 9.35. The van der Waals surface area contributed by atoms with Gasteiger partial charge in [0, 0.05) is 76.8 Å². The molecule has 0 radical (unpaired) electrons. The van der Waals surface area contributed by atoms with E-state index in [1.165, 1.54) is 11.8 Å². The van der Waals surface area contributed by atoms with Crippen LogP contribution in [-0.2, 0) is 28.4 Å². The number of aromatic nitrogens is 2. The summed E-state index contributed by atoms with van der Waals surface area (Å²) in [6, 6.07) is 0.767. The summed E-state index contributed by atoms with van der Waals surface area (Å²) in [5, 5.41) is 4.25. The SMILES string of the molecule is CN(CCN(C1CCOCC1)C1CCCN(S(C)(=O)=O)C1)Cc1cnn(C)c1. The van der Waals surface area contributed by atoms with Crippen molar-refractivity contribution >= 4 is 10.0 Å². The highest BCUT2D eigenvalue weighted by atomic mass is 32.2. The molecule has 3 rings (SSSR count). The molecule has 3 heterocycles. The van der Waals surface area contributed by atoms with Gasteiger partial charge in [-0.15, -0.1) is 0 Å². The minimum absolute atomic E-state index is 0.290. The molecular formula is C19H35N5O3S. The van der Waals surface area contributed by atoms with Crippen molar-refractivity contribution in [3.63, 3.8) is 0 Å². The van der Waals surface area contributed by atoms with Crippen LogP contribution in [0.3, 0.4) is 0 Å². The maximum absolute atomic E-state index is 12.1. The fourth-order valence-electron chi connectivity index (χ4n) is 4.40. The second-order valence-electron chi connectivity index (χ2n) is 8.26. The maximum Gasteiger partial charge on any atom is 0.211 e. The molecule has 0 spiro atoms. The van der Waals surface area contributed by atoms with Gasteiger partial charge in [0.05, 0.1) is 12.5 Å². The predicted octanol–water partition coefficient (Wildman–Crippen LogP) is 0.757. The van der Waals surface area contributed by atoms with Gasteiger partial charge < -0.3 is 9.64 Å². The molecule has 0 saturated carbocycles. The van der Waals surface area contributed by atoms with Gasteiger partial charge in [-0.3, -0.25) is 9.58 Å². The smallest absolute Gasteiger partial charge is 0.211 e. The first-order chi connectivity index (χ1) is 13.3. The summed E-state index contributed by atoms with van der Waals surface area (Å²) < 4.78 is 33.2. The summed E-state index contributed by atoms with van der Waals surface area (Å²) in [7, 11) is 0.945. The first-order valence-electron chi connectivity index (χ1n) is 10.3. The van der Waals surface area contributed by atoms with Crippen molar-refractivity contribution in [1.82, 2.24) is 23.9 Å². The Morgan fingerprint density at radius 3 is 2.61 bits per heavy atom. The zero-order valence-corrected chi connectivity index (χ0v) is 18.3. The Morgan fingerprint density at radius 1 is 1.21 bits per heavy atom. The van der Waals surface area contributed by atoms with E-state index in [9.17, 15) is 8.42 Å². The van der Waals surface area contributed by atoms with Crippen molar-refractivity contribution in [3.05, 3.63) is 18.0 Å². The average Bonchev–Trinajstić information content (AvgIpc) is 3.07. The third-order valence-electron chi connectivity index (χ3n) is 5.91. The van der Waals surface area contributed by atoms with Crippen molar-refractivity contribution in [2.45, 2.75) is 44.3 Å². The van der Waals surface area contributed by atoms with E-state index in [-0.39, 0.29) is 0 Å². The third kappa shape index (κ3) is 6.00. The van der Waals surface area contributed by atoms with E-state index in [1.54, 1.807) is 4.31 Å². The van der Waals surface area contributed by atoms with Gasteiger partial charge in [-0.05, 0) is 32.7 Å². The van der Waals surface area contributed by atoms with Gasteiger partial charge in [0.25, 0.3) is 0 Å². The molecule has 160 valence electrons. The van der Waals surface area contributed by atoms with E-state index in [0.717, 1.165) is 58.5 Å². The number of aryl methyl sites for hydroxylation is 1. The number of rotatable bonds is 8. The highest BCUT2D eigenvalue weighted by Gasteiger charge is 2.33. The Bertz CT molecular complexity index is 717. The molecule has 0 bridgehead atoms. The number of nitrogens with zero attached hydrogens (tertiary/aromatic N) is 5. The van der Waals surface area contributed by atoms with E-state index in [0.29, 0.717) is 25.2 Å². The molecule has 2 aliphatic heterocycles. The number of hydrogen-bond acceptors (Lipinski definition) is 6. The predicted molar refractivity (Wildman–Crippen MR) is 110 cm³/mol. The molecule has 1 aromatic rings. The van der Waals surface area contributed by atoms with Gasteiger partial charge in [0.15, 0.2) is 0 Å². The normalized spacial score (nSPS) is 23.0. The highest BCUT2D eigenvalue weighted by molar-refractivity contribution is 7.88. The molecule has 9 heteroatoms. The molecule has 0 aliphatic carbocycles. The van der Waals surface area contributed by atoms with Gasteiger partial charge in [-0.25, -0.2) is 12.7 Å². The standard InChI is InChI=1S/C19H35N5O3S/c1-21(14-17-13-20-22(2)15-17)9-10-24(18-6-11-27-12-7-18)19-5-4-8-23(16-19)28(3,25)26/h13,15,18-19H,4-12,14,16H2,1-3H3. The van der Waals surface area contributed by atoms with E-state index in [4.69, 9.17) is 4.74 Å². The maximum atomic E-state index is 12.1. The van der Waals surface area contributed by atoms with Crippen molar-refractivity contribution in [3.8, 4) is 0 Å². The summed E-state index contributed by atoms with van der Waals surface area (Å²) in [6.45, 7) is 5.63. The molecule has 28 heavy (non-hydrogen) atoms. The van der Waals surface area contributed by atoms with Gasteiger partial charge in [-0.1, -0.05) is 0 Å². The van der Waals surface area contributed by atoms with Crippen LogP contribution in [0.1, 0.15) is 31.2 Å². The summed E-state index contributed by atoms with van der Waals surface area (Å²) >= 11 is 0. The van der Waals surface area contributed by atoms with Crippen LogP contribution in [0.15, 0.2) is 12.4 Å². The molecule has 1 aromatic heterocycles. The van der Waals surface area contributed by atoms with Gasteiger partial charge in [-0.2, -0.15) is 5.10 Å². The van der Waals surface area contributed by atoms with Gasteiger partial charge in [0.1, 0.15) is 0 Å².